The van der Waals surface area contributed by atoms with E-state index in [1.165, 1.54) is 11.1 Å². The molecule has 180 valence electrons. The van der Waals surface area contributed by atoms with Gasteiger partial charge in [-0.3, -0.25) is 9.59 Å². The highest BCUT2D eigenvalue weighted by atomic mass is 16.5. The highest BCUT2D eigenvalue weighted by molar-refractivity contribution is 5.97. The van der Waals surface area contributed by atoms with Crippen LogP contribution in [-0.2, 0) is 22.6 Å². The summed E-state index contributed by atoms with van der Waals surface area (Å²) in [6.45, 7) is 1.28. The lowest BCUT2D eigenvalue weighted by Crippen LogP contribution is -2.50. The number of hydrogen-bond acceptors (Lipinski definition) is 4. The van der Waals surface area contributed by atoms with E-state index in [9.17, 15) is 9.59 Å². The molecule has 0 N–H and O–H groups in total. The molecule has 2 aliphatic heterocycles. The fourth-order valence-corrected chi connectivity index (χ4v) is 5.38. The molecule has 35 heavy (non-hydrogen) atoms. The molecule has 3 aromatic carbocycles. The Morgan fingerprint density at radius 2 is 1.57 bits per heavy atom. The van der Waals surface area contributed by atoms with Crippen LogP contribution in [0.4, 0.5) is 5.69 Å². The average molecular weight is 471 g/mol. The molecule has 0 aromatic heterocycles. The molecule has 2 atom stereocenters. The molecule has 2 unspecified atom stereocenters. The summed E-state index contributed by atoms with van der Waals surface area (Å²) >= 11 is 0. The van der Waals surface area contributed by atoms with Crippen molar-refractivity contribution in [3.63, 3.8) is 0 Å². The van der Waals surface area contributed by atoms with Gasteiger partial charge in [0.1, 0.15) is 11.5 Å². The number of piperidine rings is 1. The molecule has 0 saturated carbocycles. The molecular weight excluding hydrogens is 440 g/mol. The Kier molecular flexibility index (Phi) is 6.45. The first kappa shape index (κ1) is 23.0. The third-order valence-electron chi connectivity index (χ3n) is 7.16. The lowest BCUT2D eigenvalue weighted by atomic mass is 9.82. The summed E-state index contributed by atoms with van der Waals surface area (Å²) in [6.07, 6.45) is 1.67. The maximum atomic E-state index is 14.1. The summed E-state index contributed by atoms with van der Waals surface area (Å²) in [6, 6.07) is 23.0. The van der Waals surface area contributed by atoms with E-state index in [2.05, 4.69) is 12.1 Å². The van der Waals surface area contributed by atoms with Gasteiger partial charge in [0.25, 0.3) is 0 Å². The van der Waals surface area contributed by atoms with E-state index in [1.807, 2.05) is 65.6 Å². The molecule has 0 spiro atoms. The van der Waals surface area contributed by atoms with Gasteiger partial charge in [-0.1, -0.05) is 42.5 Å². The maximum absolute atomic E-state index is 14.1. The molecule has 0 aliphatic carbocycles. The monoisotopic (exact) mass is 470 g/mol. The maximum Gasteiger partial charge on any atom is 0.228 e. The molecule has 6 nitrogen and oxygen atoms in total. The number of nitrogens with zero attached hydrogens (tertiary/aromatic N) is 2. The number of amides is 2. The van der Waals surface area contributed by atoms with E-state index in [0.29, 0.717) is 37.4 Å². The van der Waals surface area contributed by atoms with E-state index >= 15 is 0 Å². The van der Waals surface area contributed by atoms with Crippen molar-refractivity contribution in [2.45, 2.75) is 31.8 Å². The number of hydrogen-bond donors (Lipinski definition) is 0. The first-order valence-corrected chi connectivity index (χ1v) is 12.1. The molecule has 6 heteroatoms. The average Bonchev–Trinajstić information content (AvgIpc) is 2.92. The second-order valence-corrected chi connectivity index (χ2v) is 9.07. The predicted molar refractivity (Wildman–Crippen MR) is 135 cm³/mol. The Labute approximate surface area is 206 Å². The largest absolute Gasteiger partial charge is 0.497 e. The molecule has 2 amide bonds. The molecule has 1 saturated heterocycles. The highest BCUT2D eigenvalue weighted by Gasteiger charge is 2.44. The van der Waals surface area contributed by atoms with Crippen LogP contribution in [-0.4, -0.2) is 37.5 Å². The van der Waals surface area contributed by atoms with Crippen LogP contribution in [0.3, 0.4) is 0 Å². The third kappa shape index (κ3) is 4.36. The minimum Gasteiger partial charge on any atom is -0.497 e. The van der Waals surface area contributed by atoms with Gasteiger partial charge in [-0.05, 0) is 54.3 Å². The molecule has 3 aromatic rings. The number of rotatable bonds is 5. The number of carbonyl (C=O) groups is 2. The smallest absolute Gasteiger partial charge is 0.228 e. The van der Waals surface area contributed by atoms with E-state index in [-0.39, 0.29) is 17.7 Å². The summed E-state index contributed by atoms with van der Waals surface area (Å²) in [5, 5.41) is 0. The van der Waals surface area contributed by atoms with E-state index < -0.39 is 6.04 Å². The lowest BCUT2D eigenvalue weighted by Gasteiger charge is -2.43. The first-order chi connectivity index (χ1) is 17.1. The Balaban J connectivity index is 1.55. The molecule has 5 rings (SSSR count). The van der Waals surface area contributed by atoms with E-state index in [0.717, 1.165) is 17.7 Å². The molecular formula is C29H30N2O4. The van der Waals surface area contributed by atoms with Crippen molar-refractivity contribution in [3.8, 4) is 11.5 Å². The summed E-state index contributed by atoms with van der Waals surface area (Å²) in [5.74, 6) is 1.09. The Hall–Kier alpha value is -3.80. The number of anilines is 1. The number of ether oxygens (including phenoxy) is 2. The summed E-state index contributed by atoms with van der Waals surface area (Å²) in [5.41, 5.74) is 4.08. The summed E-state index contributed by atoms with van der Waals surface area (Å²) in [4.78, 5) is 31.2. The van der Waals surface area contributed by atoms with Crippen molar-refractivity contribution in [1.29, 1.82) is 0 Å². The molecule has 1 fully saturated rings. The Morgan fingerprint density at radius 3 is 2.31 bits per heavy atom. The van der Waals surface area contributed by atoms with Crippen molar-refractivity contribution in [3.05, 3.63) is 89.5 Å². The van der Waals surface area contributed by atoms with Crippen LogP contribution < -0.4 is 14.4 Å². The van der Waals surface area contributed by atoms with Crippen LogP contribution in [0, 0.1) is 5.92 Å². The zero-order chi connectivity index (χ0) is 24.4. The number of fused-ring (bicyclic) bond motifs is 1. The number of benzene rings is 3. The van der Waals surface area contributed by atoms with E-state index in [4.69, 9.17) is 9.47 Å². The molecule has 0 radical (unpaired) electrons. The van der Waals surface area contributed by atoms with Gasteiger partial charge in [0.2, 0.25) is 11.8 Å². The van der Waals surface area contributed by atoms with Gasteiger partial charge < -0.3 is 19.3 Å². The molecule has 2 aliphatic rings. The third-order valence-corrected chi connectivity index (χ3v) is 7.16. The SMILES string of the molecule is COc1ccc(N2C(=O)CCC(C(=O)N3CCc4ccccc4C3)C2c2ccccc2OC)cc1. The standard InChI is InChI=1S/C29H30N2O4/c1-34-23-13-11-22(12-14-23)31-27(32)16-15-25(28(31)24-9-5-6-10-26(24)35-2)29(33)30-18-17-20-7-3-4-8-21(20)19-30/h3-14,25,28H,15-19H2,1-2H3. The fraction of sp³-hybridized carbons (Fsp3) is 0.310. The quantitative estimate of drug-likeness (QED) is 0.539. The normalized spacial score (nSPS) is 19.8. The van der Waals surface area contributed by atoms with Crippen LogP contribution in [0.5, 0.6) is 11.5 Å². The molecule has 2 heterocycles. The minimum absolute atomic E-state index is 0.000822. The van der Waals surface area contributed by atoms with Gasteiger partial charge in [0, 0.05) is 30.8 Å². The Bertz CT molecular complexity index is 1220. The van der Waals surface area contributed by atoms with Crippen molar-refractivity contribution in [2.75, 3.05) is 25.7 Å². The lowest BCUT2D eigenvalue weighted by molar-refractivity contribution is -0.139. The van der Waals surface area contributed by atoms with Gasteiger partial charge in [0.05, 0.1) is 26.2 Å². The summed E-state index contributed by atoms with van der Waals surface area (Å²) < 4.78 is 11.0. The van der Waals surface area contributed by atoms with Gasteiger partial charge in [-0.2, -0.15) is 0 Å². The topological polar surface area (TPSA) is 59.1 Å². The first-order valence-electron chi connectivity index (χ1n) is 12.1. The summed E-state index contributed by atoms with van der Waals surface area (Å²) in [7, 11) is 3.24. The van der Waals surface area contributed by atoms with Crippen molar-refractivity contribution in [1.82, 2.24) is 4.90 Å². The van der Waals surface area contributed by atoms with Gasteiger partial charge >= 0.3 is 0 Å². The van der Waals surface area contributed by atoms with Crippen LogP contribution in [0.2, 0.25) is 0 Å². The zero-order valence-electron chi connectivity index (χ0n) is 20.1. The van der Waals surface area contributed by atoms with Crippen molar-refractivity contribution < 1.29 is 19.1 Å². The van der Waals surface area contributed by atoms with Gasteiger partial charge in [-0.15, -0.1) is 0 Å². The number of para-hydroxylation sites is 1. The van der Waals surface area contributed by atoms with Gasteiger partial charge in [0.15, 0.2) is 0 Å². The van der Waals surface area contributed by atoms with Crippen LogP contribution in [0.25, 0.3) is 0 Å². The highest BCUT2D eigenvalue weighted by Crippen LogP contribution is 2.44. The van der Waals surface area contributed by atoms with Gasteiger partial charge in [-0.25, -0.2) is 0 Å². The number of carbonyl (C=O) groups excluding carboxylic acids is 2. The van der Waals surface area contributed by atoms with Crippen LogP contribution in [0.15, 0.2) is 72.8 Å². The second-order valence-electron chi connectivity index (χ2n) is 9.07. The van der Waals surface area contributed by atoms with Crippen molar-refractivity contribution >= 4 is 17.5 Å². The van der Waals surface area contributed by atoms with Crippen LogP contribution >= 0.6 is 0 Å². The zero-order valence-corrected chi connectivity index (χ0v) is 20.1. The Morgan fingerprint density at radius 1 is 0.857 bits per heavy atom. The second kappa shape index (κ2) is 9.82. The predicted octanol–water partition coefficient (Wildman–Crippen LogP) is 4.77. The number of methoxy groups -OCH3 is 2. The molecule has 0 bridgehead atoms. The minimum atomic E-state index is -0.467. The van der Waals surface area contributed by atoms with Crippen molar-refractivity contribution in [2.24, 2.45) is 5.92 Å². The fourth-order valence-electron chi connectivity index (χ4n) is 5.38. The van der Waals surface area contributed by atoms with E-state index in [1.54, 1.807) is 19.1 Å². The van der Waals surface area contributed by atoms with Crippen LogP contribution in [0.1, 0.15) is 35.6 Å².